The van der Waals surface area contributed by atoms with E-state index in [2.05, 4.69) is 4.37 Å². The molecule has 0 radical (unpaired) electrons. The Hall–Kier alpha value is -1.62. The molecule has 2 N–H and O–H groups in total. The van der Waals surface area contributed by atoms with Gasteiger partial charge in [0.25, 0.3) is 0 Å². The van der Waals surface area contributed by atoms with Crippen LogP contribution in [0.1, 0.15) is 5.69 Å². The number of aromatic hydroxyl groups is 1. The molecule has 4 nitrogen and oxygen atoms in total. The van der Waals surface area contributed by atoms with Gasteiger partial charge in [-0.05, 0) is 29.7 Å². The van der Waals surface area contributed by atoms with Gasteiger partial charge in [0.2, 0.25) is 0 Å². The molecule has 0 spiro atoms. The molecule has 72 valence electrons. The first-order valence-corrected chi connectivity index (χ1v) is 4.73. The van der Waals surface area contributed by atoms with Gasteiger partial charge in [0.15, 0.2) is 0 Å². The number of benzene rings is 1. The Morgan fingerprint density at radius 1 is 1.50 bits per heavy atom. The first-order valence-electron chi connectivity index (χ1n) is 3.96. The lowest BCUT2D eigenvalue weighted by Crippen LogP contribution is -2.00. The second-order valence-corrected chi connectivity index (χ2v) is 3.69. The van der Waals surface area contributed by atoms with E-state index in [0.717, 1.165) is 10.1 Å². The van der Waals surface area contributed by atoms with E-state index in [9.17, 15) is 9.90 Å². The van der Waals surface area contributed by atoms with Gasteiger partial charge in [-0.1, -0.05) is 0 Å². The zero-order chi connectivity index (χ0) is 10.1. The van der Waals surface area contributed by atoms with Crippen LogP contribution in [0.25, 0.3) is 10.1 Å². The van der Waals surface area contributed by atoms with Crippen molar-refractivity contribution in [3.63, 3.8) is 0 Å². The Bertz CT molecular complexity index is 492. The average molecular weight is 209 g/mol. The summed E-state index contributed by atoms with van der Waals surface area (Å²) >= 11 is 1.24. The second-order valence-electron chi connectivity index (χ2n) is 2.88. The van der Waals surface area contributed by atoms with Gasteiger partial charge in [-0.2, -0.15) is 4.37 Å². The normalized spacial score (nSPS) is 10.6. The zero-order valence-corrected chi connectivity index (χ0v) is 7.91. The Balaban J connectivity index is 2.55. The summed E-state index contributed by atoms with van der Waals surface area (Å²) in [5, 5.41) is 18.6. The van der Waals surface area contributed by atoms with E-state index in [0.29, 0.717) is 5.69 Å². The summed E-state index contributed by atoms with van der Waals surface area (Å²) in [5.74, 6) is -0.787. The Morgan fingerprint density at radius 3 is 3.00 bits per heavy atom. The second kappa shape index (κ2) is 3.26. The van der Waals surface area contributed by atoms with Crippen molar-refractivity contribution in [2.45, 2.75) is 6.42 Å². The molecule has 0 aliphatic carbocycles. The molecule has 1 aromatic carbocycles. The van der Waals surface area contributed by atoms with E-state index in [1.54, 1.807) is 12.1 Å². The van der Waals surface area contributed by atoms with Crippen LogP contribution >= 0.6 is 11.5 Å². The summed E-state index contributed by atoms with van der Waals surface area (Å²) < 4.78 is 4.91. The van der Waals surface area contributed by atoms with Crippen LogP contribution in [0.4, 0.5) is 0 Å². The quantitative estimate of drug-likeness (QED) is 0.788. The number of phenols is 1. The lowest BCUT2D eigenvalue weighted by molar-refractivity contribution is -0.136. The van der Waals surface area contributed by atoms with Crippen LogP contribution in [-0.2, 0) is 11.2 Å². The highest BCUT2D eigenvalue weighted by Crippen LogP contribution is 2.26. The predicted octanol–water partition coefficient (Wildman–Crippen LogP) is 1.63. The van der Waals surface area contributed by atoms with E-state index in [-0.39, 0.29) is 12.2 Å². The number of carbonyl (C=O) groups is 1. The molecule has 0 aliphatic rings. The van der Waals surface area contributed by atoms with Gasteiger partial charge in [0.05, 0.1) is 16.8 Å². The van der Waals surface area contributed by atoms with E-state index < -0.39 is 5.97 Å². The molecule has 0 aliphatic heterocycles. The van der Waals surface area contributed by atoms with Crippen molar-refractivity contribution in [3.8, 4) is 5.75 Å². The van der Waals surface area contributed by atoms with Crippen molar-refractivity contribution in [1.82, 2.24) is 4.37 Å². The van der Waals surface area contributed by atoms with Gasteiger partial charge in [-0.25, -0.2) is 0 Å². The van der Waals surface area contributed by atoms with E-state index in [1.165, 1.54) is 17.6 Å². The number of aliphatic carboxylic acids is 1. The summed E-state index contributed by atoms with van der Waals surface area (Å²) in [7, 11) is 0. The SMILES string of the molecule is O=C(O)Cc1nsc2ccc(O)cc12. The van der Waals surface area contributed by atoms with Crippen molar-refractivity contribution in [1.29, 1.82) is 0 Å². The number of hydrogen-bond donors (Lipinski definition) is 2. The van der Waals surface area contributed by atoms with Crippen molar-refractivity contribution in [3.05, 3.63) is 23.9 Å². The molecule has 0 saturated carbocycles. The molecule has 0 unspecified atom stereocenters. The summed E-state index contributed by atoms with van der Waals surface area (Å²) in [5.41, 5.74) is 0.508. The molecular formula is C9H7NO3S. The molecular weight excluding hydrogens is 202 g/mol. The van der Waals surface area contributed by atoms with Gasteiger partial charge in [0, 0.05) is 5.39 Å². The molecule has 0 amide bonds. The lowest BCUT2D eigenvalue weighted by Gasteiger charge is -1.93. The Kier molecular flexibility index (Phi) is 2.09. The third-order valence-electron chi connectivity index (χ3n) is 1.85. The fourth-order valence-corrected chi connectivity index (χ4v) is 2.02. The smallest absolute Gasteiger partial charge is 0.309 e. The van der Waals surface area contributed by atoms with Crippen LogP contribution in [0.5, 0.6) is 5.75 Å². The maximum Gasteiger partial charge on any atom is 0.309 e. The number of fused-ring (bicyclic) bond motifs is 1. The molecule has 0 saturated heterocycles. The Morgan fingerprint density at radius 2 is 2.29 bits per heavy atom. The molecule has 2 aromatic rings. The van der Waals surface area contributed by atoms with Crippen molar-refractivity contribution in [2.24, 2.45) is 0 Å². The van der Waals surface area contributed by atoms with Crippen molar-refractivity contribution < 1.29 is 15.0 Å². The molecule has 5 heteroatoms. The highest BCUT2D eigenvalue weighted by molar-refractivity contribution is 7.13. The van der Waals surface area contributed by atoms with Crippen LogP contribution in [0.3, 0.4) is 0 Å². The van der Waals surface area contributed by atoms with Crippen LogP contribution < -0.4 is 0 Å². The zero-order valence-electron chi connectivity index (χ0n) is 7.10. The van der Waals surface area contributed by atoms with Gasteiger partial charge < -0.3 is 10.2 Å². The number of carboxylic acid groups (broad SMARTS) is 1. The molecule has 0 fully saturated rings. The highest BCUT2D eigenvalue weighted by atomic mass is 32.1. The van der Waals surface area contributed by atoms with E-state index in [4.69, 9.17) is 5.11 Å². The maximum absolute atomic E-state index is 10.5. The topological polar surface area (TPSA) is 70.4 Å². The van der Waals surface area contributed by atoms with Gasteiger partial charge in [-0.15, -0.1) is 0 Å². The van der Waals surface area contributed by atoms with E-state index in [1.807, 2.05) is 0 Å². The first-order chi connectivity index (χ1) is 6.66. The summed E-state index contributed by atoms with van der Waals surface area (Å²) in [6.07, 6.45) is -0.108. The van der Waals surface area contributed by atoms with Crippen LogP contribution in [-0.4, -0.2) is 20.6 Å². The summed E-state index contributed by atoms with van der Waals surface area (Å²) in [6, 6.07) is 4.83. The minimum Gasteiger partial charge on any atom is -0.508 e. The molecule has 0 atom stereocenters. The van der Waals surface area contributed by atoms with Gasteiger partial charge in [0.1, 0.15) is 5.75 Å². The number of phenolic OH excluding ortho intramolecular Hbond substituents is 1. The number of carboxylic acids is 1. The first kappa shape index (κ1) is 8.96. The molecule has 14 heavy (non-hydrogen) atoms. The minimum atomic E-state index is -0.916. The highest BCUT2D eigenvalue weighted by Gasteiger charge is 2.09. The fourth-order valence-electron chi connectivity index (χ4n) is 1.25. The minimum absolute atomic E-state index is 0.108. The largest absolute Gasteiger partial charge is 0.508 e. The van der Waals surface area contributed by atoms with Crippen molar-refractivity contribution in [2.75, 3.05) is 0 Å². The Labute approximate surface area is 83.6 Å². The fraction of sp³-hybridized carbons (Fsp3) is 0.111. The van der Waals surface area contributed by atoms with Crippen molar-refractivity contribution >= 4 is 27.6 Å². The van der Waals surface area contributed by atoms with Gasteiger partial charge >= 0.3 is 5.97 Å². The average Bonchev–Trinajstić information content (AvgIpc) is 2.47. The molecule has 1 heterocycles. The summed E-state index contributed by atoms with van der Waals surface area (Å²) in [4.78, 5) is 10.5. The number of aromatic nitrogens is 1. The van der Waals surface area contributed by atoms with Crippen LogP contribution in [0, 0.1) is 0 Å². The predicted molar refractivity (Wildman–Crippen MR) is 52.6 cm³/mol. The molecule has 2 rings (SSSR count). The van der Waals surface area contributed by atoms with Crippen LogP contribution in [0.2, 0.25) is 0 Å². The molecule has 0 bridgehead atoms. The third-order valence-corrected chi connectivity index (χ3v) is 2.71. The number of nitrogens with zero attached hydrogens (tertiary/aromatic N) is 1. The number of rotatable bonds is 2. The lowest BCUT2D eigenvalue weighted by atomic mass is 10.2. The van der Waals surface area contributed by atoms with E-state index >= 15 is 0 Å². The van der Waals surface area contributed by atoms with Crippen LogP contribution in [0.15, 0.2) is 18.2 Å². The summed E-state index contributed by atoms with van der Waals surface area (Å²) in [6.45, 7) is 0. The molecule has 1 aromatic heterocycles. The standard InChI is InChI=1S/C9H7NO3S/c11-5-1-2-8-6(3-5)7(10-14-8)4-9(12)13/h1-3,11H,4H2,(H,12,13). The number of hydrogen-bond acceptors (Lipinski definition) is 4. The maximum atomic E-state index is 10.5. The monoisotopic (exact) mass is 209 g/mol. The van der Waals surface area contributed by atoms with Gasteiger partial charge in [-0.3, -0.25) is 4.79 Å². The third kappa shape index (κ3) is 1.54.